The summed E-state index contributed by atoms with van der Waals surface area (Å²) in [5, 5.41) is 15.6. The predicted molar refractivity (Wildman–Crippen MR) is 62.9 cm³/mol. The first-order chi connectivity index (χ1) is 7.79. The molecule has 4 nitrogen and oxygen atoms in total. The topological polar surface area (TPSA) is 61.7 Å². The van der Waals surface area contributed by atoms with Gasteiger partial charge in [0.05, 0.1) is 0 Å². The Morgan fingerprint density at radius 1 is 1.19 bits per heavy atom. The minimum absolute atomic E-state index is 0.460. The van der Waals surface area contributed by atoms with Gasteiger partial charge >= 0.3 is 0 Å². The zero-order valence-corrected chi connectivity index (χ0v) is 8.42. The summed E-state index contributed by atoms with van der Waals surface area (Å²) in [6.07, 6.45) is 0.815. The molecule has 2 aromatic rings. The molecule has 0 heterocycles. The van der Waals surface area contributed by atoms with Gasteiger partial charge in [0, 0.05) is 5.69 Å². The van der Waals surface area contributed by atoms with Gasteiger partial charge in [0.15, 0.2) is 0 Å². The van der Waals surface area contributed by atoms with E-state index in [1.165, 1.54) is 0 Å². The number of carbonyl (C=O) groups excluding carboxylic acids is 1. The van der Waals surface area contributed by atoms with Crippen LogP contribution in [-0.4, -0.2) is 17.3 Å². The maximum atomic E-state index is 11.1. The molecule has 0 atom stereocenters. The molecule has 0 saturated heterocycles. The largest absolute Gasteiger partial charge is 0.411 e. The minimum Gasteiger partial charge on any atom is -0.411 e. The second-order valence-corrected chi connectivity index (χ2v) is 3.30. The average Bonchev–Trinajstić information content (AvgIpc) is 2.29. The van der Waals surface area contributed by atoms with E-state index in [0.717, 1.165) is 17.0 Å². The number of benzene rings is 2. The van der Waals surface area contributed by atoms with Gasteiger partial charge in [-0.1, -0.05) is 35.5 Å². The maximum absolute atomic E-state index is 11.1. The SMILES string of the molecule is O=C(C=NO)Nc1ccc2ccccc2c1. The van der Waals surface area contributed by atoms with Crippen molar-refractivity contribution in [2.45, 2.75) is 0 Å². The molecule has 0 aromatic heterocycles. The van der Waals surface area contributed by atoms with Crippen LogP contribution in [0.2, 0.25) is 0 Å². The first-order valence-corrected chi connectivity index (χ1v) is 4.77. The summed E-state index contributed by atoms with van der Waals surface area (Å²) >= 11 is 0. The summed E-state index contributed by atoms with van der Waals surface area (Å²) in [7, 11) is 0. The van der Waals surface area contributed by atoms with Gasteiger partial charge in [0.2, 0.25) is 0 Å². The van der Waals surface area contributed by atoms with Crippen LogP contribution >= 0.6 is 0 Å². The van der Waals surface area contributed by atoms with E-state index in [0.29, 0.717) is 5.69 Å². The quantitative estimate of drug-likeness (QED) is 0.457. The molecule has 2 N–H and O–H groups in total. The summed E-state index contributed by atoms with van der Waals surface area (Å²) in [6.45, 7) is 0. The zero-order valence-electron chi connectivity index (χ0n) is 8.42. The molecular weight excluding hydrogens is 204 g/mol. The Balaban J connectivity index is 2.29. The van der Waals surface area contributed by atoms with Crippen molar-refractivity contribution in [1.29, 1.82) is 0 Å². The van der Waals surface area contributed by atoms with Crippen LogP contribution in [0.5, 0.6) is 0 Å². The number of oxime groups is 1. The van der Waals surface area contributed by atoms with Crippen LogP contribution < -0.4 is 5.32 Å². The minimum atomic E-state index is -0.460. The van der Waals surface area contributed by atoms with Crippen LogP contribution in [0, 0.1) is 0 Å². The second-order valence-electron chi connectivity index (χ2n) is 3.30. The standard InChI is InChI=1S/C12H10N2O2/c15-12(8-13-16)14-11-6-5-9-3-1-2-4-10(9)7-11/h1-8,16H,(H,14,15). The lowest BCUT2D eigenvalue weighted by molar-refractivity contribution is -0.110. The zero-order chi connectivity index (χ0) is 11.4. The molecule has 0 saturated carbocycles. The molecule has 16 heavy (non-hydrogen) atoms. The highest BCUT2D eigenvalue weighted by molar-refractivity contribution is 6.31. The highest BCUT2D eigenvalue weighted by atomic mass is 16.4. The van der Waals surface area contributed by atoms with E-state index >= 15 is 0 Å². The fourth-order valence-electron chi connectivity index (χ4n) is 1.49. The summed E-state index contributed by atoms with van der Waals surface area (Å²) in [5.74, 6) is -0.460. The number of hydrogen-bond donors (Lipinski definition) is 2. The lowest BCUT2D eigenvalue weighted by atomic mass is 10.1. The second kappa shape index (κ2) is 4.44. The van der Waals surface area contributed by atoms with Crippen LogP contribution in [0.4, 0.5) is 5.69 Å². The highest BCUT2D eigenvalue weighted by Crippen LogP contribution is 2.18. The van der Waals surface area contributed by atoms with E-state index in [-0.39, 0.29) is 0 Å². The van der Waals surface area contributed by atoms with E-state index in [1.807, 2.05) is 36.4 Å². The molecule has 0 aliphatic carbocycles. The van der Waals surface area contributed by atoms with Crippen molar-refractivity contribution in [2.24, 2.45) is 5.16 Å². The Morgan fingerprint density at radius 3 is 2.69 bits per heavy atom. The molecule has 0 fully saturated rings. The van der Waals surface area contributed by atoms with Crippen molar-refractivity contribution in [3.05, 3.63) is 42.5 Å². The molecule has 0 radical (unpaired) electrons. The Hall–Kier alpha value is -2.36. The molecule has 0 unspecified atom stereocenters. The van der Waals surface area contributed by atoms with Crippen molar-refractivity contribution in [3.8, 4) is 0 Å². The average molecular weight is 214 g/mol. The maximum Gasteiger partial charge on any atom is 0.270 e. The molecular formula is C12H10N2O2. The van der Waals surface area contributed by atoms with Gasteiger partial charge in [-0.05, 0) is 22.9 Å². The van der Waals surface area contributed by atoms with E-state index in [2.05, 4.69) is 10.5 Å². The van der Waals surface area contributed by atoms with Gasteiger partial charge in [-0.2, -0.15) is 0 Å². The number of nitrogens with zero attached hydrogens (tertiary/aromatic N) is 1. The molecule has 2 aromatic carbocycles. The van der Waals surface area contributed by atoms with Crippen molar-refractivity contribution in [2.75, 3.05) is 5.32 Å². The molecule has 1 amide bonds. The van der Waals surface area contributed by atoms with Gasteiger partial charge in [-0.3, -0.25) is 4.79 Å². The molecule has 0 aliphatic heterocycles. The molecule has 2 rings (SSSR count). The number of carbonyl (C=O) groups is 1. The fraction of sp³-hybridized carbons (Fsp3) is 0. The lowest BCUT2D eigenvalue weighted by Gasteiger charge is -2.03. The molecule has 0 bridgehead atoms. The fourth-order valence-corrected chi connectivity index (χ4v) is 1.49. The highest BCUT2D eigenvalue weighted by Gasteiger charge is 1.99. The van der Waals surface area contributed by atoms with Gasteiger partial charge in [-0.15, -0.1) is 0 Å². The van der Waals surface area contributed by atoms with E-state index in [1.54, 1.807) is 6.07 Å². The Morgan fingerprint density at radius 2 is 1.94 bits per heavy atom. The van der Waals surface area contributed by atoms with Gasteiger partial charge in [0.25, 0.3) is 5.91 Å². The number of amides is 1. The summed E-state index contributed by atoms with van der Waals surface area (Å²) in [6, 6.07) is 13.4. The van der Waals surface area contributed by atoms with Crippen molar-refractivity contribution in [3.63, 3.8) is 0 Å². The number of hydrogen-bond acceptors (Lipinski definition) is 3. The Labute approximate surface area is 92.2 Å². The Kier molecular flexibility index (Phi) is 2.82. The van der Waals surface area contributed by atoms with Crippen molar-refractivity contribution < 1.29 is 10.0 Å². The van der Waals surface area contributed by atoms with Gasteiger partial charge < -0.3 is 10.5 Å². The van der Waals surface area contributed by atoms with Gasteiger partial charge in [-0.25, -0.2) is 0 Å². The Bertz CT molecular complexity index is 549. The molecule has 4 heteroatoms. The van der Waals surface area contributed by atoms with Crippen LogP contribution in [-0.2, 0) is 4.79 Å². The first kappa shape index (κ1) is 10.2. The van der Waals surface area contributed by atoms with Crippen molar-refractivity contribution in [1.82, 2.24) is 0 Å². The van der Waals surface area contributed by atoms with Crippen LogP contribution in [0.1, 0.15) is 0 Å². The van der Waals surface area contributed by atoms with E-state index in [9.17, 15) is 4.79 Å². The summed E-state index contributed by atoms with van der Waals surface area (Å²) in [4.78, 5) is 11.1. The van der Waals surface area contributed by atoms with Crippen LogP contribution in [0.25, 0.3) is 10.8 Å². The molecule has 80 valence electrons. The molecule has 0 spiro atoms. The lowest BCUT2D eigenvalue weighted by Crippen LogP contribution is -2.12. The third-order valence-electron chi connectivity index (χ3n) is 2.19. The van der Waals surface area contributed by atoms with Crippen LogP contribution in [0.3, 0.4) is 0 Å². The summed E-state index contributed by atoms with van der Waals surface area (Å²) in [5.41, 5.74) is 0.670. The van der Waals surface area contributed by atoms with E-state index in [4.69, 9.17) is 5.21 Å². The first-order valence-electron chi connectivity index (χ1n) is 4.77. The smallest absolute Gasteiger partial charge is 0.270 e. The third kappa shape index (κ3) is 2.17. The monoisotopic (exact) mass is 214 g/mol. The summed E-state index contributed by atoms with van der Waals surface area (Å²) < 4.78 is 0. The van der Waals surface area contributed by atoms with Crippen molar-refractivity contribution >= 4 is 28.6 Å². The normalized spacial score (nSPS) is 10.8. The predicted octanol–water partition coefficient (Wildman–Crippen LogP) is 2.24. The van der Waals surface area contributed by atoms with E-state index < -0.39 is 5.91 Å². The number of rotatable bonds is 2. The molecule has 0 aliphatic rings. The van der Waals surface area contributed by atoms with Gasteiger partial charge in [0.1, 0.15) is 6.21 Å². The third-order valence-corrected chi connectivity index (χ3v) is 2.19. The number of anilines is 1. The van der Waals surface area contributed by atoms with Crippen LogP contribution in [0.15, 0.2) is 47.6 Å². The number of nitrogens with one attached hydrogen (secondary N) is 1. The number of fused-ring (bicyclic) bond motifs is 1.